The van der Waals surface area contributed by atoms with Crippen molar-refractivity contribution in [3.8, 4) is 0 Å². The van der Waals surface area contributed by atoms with E-state index in [1.165, 1.54) is 20.8 Å². The van der Waals surface area contributed by atoms with Crippen LogP contribution in [0.4, 0.5) is 0 Å². The quantitative estimate of drug-likeness (QED) is 0.261. The van der Waals surface area contributed by atoms with Gasteiger partial charge in [-0.2, -0.15) is 0 Å². The summed E-state index contributed by atoms with van der Waals surface area (Å²) in [6.07, 6.45) is -0.543. The van der Waals surface area contributed by atoms with Gasteiger partial charge in [0.25, 0.3) is 0 Å². The van der Waals surface area contributed by atoms with Gasteiger partial charge < -0.3 is 0 Å². The Morgan fingerprint density at radius 1 is 0.739 bits per heavy atom. The maximum atomic E-state index is 10.6. The van der Waals surface area contributed by atoms with Crippen molar-refractivity contribution in [1.82, 2.24) is 0 Å². The molecule has 0 radical (unpaired) electrons. The first-order valence-corrected chi connectivity index (χ1v) is 9.62. The first-order chi connectivity index (χ1) is 10.3. The molecule has 0 atom stereocenters. The van der Waals surface area contributed by atoms with Gasteiger partial charge in [-0.1, -0.05) is 0 Å². The Hall–Kier alpha value is -0.516. The zero-order chi connectivity index (χ0) is 18.8. The molecule has 0 fully saturated rings. The number of carbonyl (C=O) groups is 3. The topological polar surface area (TPSA) is 129 Å². The fourth-order valence-corrected chi connectivity index (χ4v) is 2.23. The van der Waals surface area contributed by atoms with Gasteiger partial charge in [-0.3, -0.25) is 14.4 Å². The van der Waals surface area contributed by atoms with Crippen molar-refractivity contribution in [3.63, 3.8) is 0 Å². The van der Waals surface area contributed by atoms with Crippen LogP contribution < -0.4 is 0 Å². The monoisotopic (exact) mass is 374 g/mol. The number of rotatable bonds is 9. The van der Waals surface area contributed by atoms with Crippen LogP contribution in [0, 0.1) is 5.92 Å². The van der Waals surface area contributed by atoms with Crippen molar-refractivity contribution in [2.24, 2.45) is 5.92 Å². The summed E-state index contributed by atoms with van der Waals surface area (Å²) in [5.41, 5.74) is 0. The molecule has 0 aliphatic carbocycles. The predicted octanol–water partition coefficient (Wildman–Crippen LogP) is 0.868. The summed E-state index contributed by atoms with van der Waals surface area (Å²) in [7, 11) is 0. The van der Waals surface area contributed by atoms with Gasteiger partial charge in [0.15, 0.2) is 0 Å². The normalized spacial score (nSPS) is 11.5. The number of hydrogen-bond acceptors (Lipinski definition) is 9. The Labute approximate surface area is 141 Å². The molecule has 0 aliphatic rings. The molecule has 2 N–H and O–H groups in total. The maximum absolute atomic E-state index is 10.6. The SMILES string of the molecule is CC(=O)C(C(C)=O)C(C)=O.CC(C)O[O][Ti]([OH])([OH])[O]OC(C)C. The second-order valence-corrected chi connectivity index (χ2v) is 7.50. The second kappa shape index (κ2) is 11.9. The summed E-state index contributed by atoms with van der Waals surface area (Å²) in [5.74, 6) is -2.15. The van der Waals surface area contributed by atoms with E-state index >= 15 is 0 Å². The number of carbonyl (C=O) groups excluding carboxylic acids is 3. The van der Waals surface area contributed by atoms with Crippen LogP contribution >= 0.6 is 0 Å². The molecule has 9 nitrogen and oxygen atoms in total. The summed E-state index contributed by atoms with van der Waals surface area (Å²) < 4.78 is 26.7. The van der Waals surface area contributed by atoms with E-state index in [9.17, 15) is 14.4 Å². The third kappa shape index (κ3) is 14.8. The summed E-state index contributed by atoms with van der Waals surface area (Å²) in [4.78, 5) is 40.8. The number of Topliss-reactive ketones (excluding diaryl/α,β-unsaturated/α-hetero) is 3. The van der Waals surface area contributed by atoms with Crippen molar-refractivity contribution in [3.05, 3.63) is 0 Å². The fourth-order valence-electron chi connectivity index (χ4n) is 1.19. The van der Waals surface area contributed by atoms with Gasteiger partial charge in [0, 0.05) is 0 Å². The zero-order valence-electron chi connectivity index (χ0n) is 14.5. The molecule has 23 heavy (non-hydrogen) atoms. The van der Waals surface area contributed by atoms with Crippen molar-refractivity contribution < 1.29 is 56.6 Å². The summed E-state index contributed by atoms with van der Waals surface area (Å²) >= 11 is -4.76. The average Bonchev–Trinajstić information content (AvgIpc) is 2.33. The van der Waals surface area contributed by atoms with Crippen molar-refractivity contribution in [2.45, 2.75) is 60.7 Å². The Morgan fingerprint density at radius 2 is 1.00 bits per heavy atom. The molecule has 0 spiro atoms. The van der Waals surface area contributed by atoms with Crippen LogP contribution in [0.3, 0.4) is 0 Å². The third-order valence-corrected chi connectivity index (χ3v) is 2.90. The number of ketones is 3. The molecule has 0 aromatic rings. The van der Waals surface area contributed by atoms with Crippen LogP contribution in [-0.2, 0) is 49.2 Å². The molecule has 0 aliphatic heterocycles. The molecular formula is C13H26O9Ti. The van der Waals surface area contributed by atoms with Crippen LogP contribution in [0.25, 0.3) is 0 Å². The second-order valence-electron chi connectivity index (χ2n) is 5.27. The van der Waals surface area contributed by atoms with Gasteiger partial charge in [-0.05, 0) is 20.8 Å². The molecule has 0 aromatic heterocycles. The zero-order valence-corrected chi connectivity index (χ0v) is 16.0. The van der Waals surface area contributed by atoms with E-state index in [1.54, 1.807) is 27.7 Å². The van der Waals surface area contributed by atoms with Gasteiger partial charge in [0.2, 0.25) is 0 Å². The van der Waals surface area contributed by atoms with Crippen molar-refractivity contribution in [1.29, 1.82) is 0 Å². The molecule has 0 rings (SSSR count). The van der Waals surface area contributed by atoms with Crippen molar-refractivity contribution in [2.75, 3.05) is 0 Å². The van der Waals surface area contributed by atoms with Gasteiger partial charge in [-0.25, -0.2) is 0 Å². The van der Waals surface area contributed by atoms with Crippen LogP contribution in [0.15, 0.2) is 0 Å². The Bertz CT molecular complexity index is 346. The molecule has 0 heterocycles. The van der Waals surface area contributed by atoms with Crippen LogP contribution in [0.5, 0.6) is 0 Å². The Morgan fingerprint density at radius 3 is 1.13 bits per heavy atom. The first kappa shape index (κ1) is 24.7. The van der Waals surface area contributed by atoms with Gasteiger partial charge in [-0.15, -0.1) is 0 Å². The van der Waals surface area contributed by atoms with E-state index < -0.39 is 24.1 Å². The molecule has 10 heteroatoms. The van der Waals surface area contributed by atoms with E-state index in [2.05, 4.69) is 16.7 Å². The van der Waals surface area contributed by atoms with E-state index in [-0.39, 0.29) is 29.6 Å². The Kier molecular flexibility index (Phi) is 12.8. The molecule has 136 valence electrons. The molecule has 0 saturated heterocycles. The standard InChI is InChI=1S/C7H10O3.2C3H8O2.2H2O.Ti/c1-4(8)7(5(2)9)6(3)10;2*1-3(2)5-4;;;/h7H,1-3H3;2*3-4H,1-2H3;2*1H2;/q;;;;;+4/p-4. The van der Waals surface area contributed by atoms with Gasteiger partial charge >= 0.3 is 82.1 Å². The molecule has 0 bridgehead atoms. The van der Waals surface area contributed by atoms with Crippen LogP contribution in [0.2, 0.25) is 0 Å². The first-order valence-electron chi connectivity index (χ1n) is 6.95. The predicted molar refractivity (Wildman–Crippen MR) is 74.6 cm³/mol. The molecule has 0 aromatic carbocycles. The number of hydrogen-bond donors (Lipinski definition) is 2. The van der Waals surface area contributed by atoms with E-state index in [0.29, 0.717) is 0 Å². The van der Waals surface area contributed by atoms with Gasteiger partial charge in [0.1, 0.15) is 23.3 Å². The van der Waals surface area contributed by atoms with E-state index in [0.717, 1.165) is 0 Å². The summed E-state index contributed by atoms with van der Waals surface area (Å²) in [6.45, 7) is 10.5. The van der Waals surface area contributed by atoms with E-state index in [4.69, 9.17) is 7.38 Å². The minimum absolute atomic E-state index is 0.271. The summed E-state index contributed by atoms with van der Waals surface area (Å²) in [6, 6.07) is 0. The average molecular weight is 374 g/mol. The molecule has 0 unspecified atom stereocenters. The molecule has 0 amide bonds. The Balaban J connectivity index is 0. The molecular weight excluding hydrogens is 348 g/mol. The van der Waals surface area contributed by atoms with Crippen LogP contribution in [-0.4, -0.2) is 36.9 Å². The fraction of sp³-hybridized carbons (Fsp3) is 0.769. The van der Waals surface area contributed by atoms with Crippen LogP contribution in [0.1, 0.15) is 48.5 Å². The summed E-state index contributed by atoms with van der Waals surface area (Å²) in [5, 5.41) is 0. The molecule has 0 saturated carbocycles. The third-order valence-electron chi connectivity index (χ3n) is 1.92. The van der Waals surface area contributed by atoms with E-state index in [1.807, 2.05) is 0 Å². The van der Waals surface area contributed by atoms with Crippen molar-refractivity contribution >= 4 is 17.3 Å². The van der Waals surface area contributed by atoms with Gasteiger partial charge in [0.05, 0.1) is 0 Å². The minimum atomic E-state index is -4.76.